The van der Waals surface area contributed by atoms with Gasteiger partial charge in [-0.25, -0.2) is 9.78 Å². The molecule has 0 aliphatic carbocycles. The van der Waals surface area contributed by atoms with Gasteiger partial charge in [-0.2, -0.15) is 0 Å². The van der Waals surface area contributed by atoms with Crippen LogP contribution in [0.1, 0.15) is 6.42 Å². The molecule has 3 nitrogen and oxygen atoms in total. The lowest BCUT2D eigenvalue weighted by Gasteiger charge is -2.00. The summed E-state index contributed by atoms with van der Waals surface area (Å²) in [5.74, 6) is 0. The van der Waals surface area contributed by atoms with Gasteiger partial charge in [0.2, 0.25) is 6.29 Å². The van der Waals surface area contributed by atoms with Gasteiger partial charge in [-0.15, -0.1) is 0 Å². The molecule has 0 aromatic carbocycles. The topological polar surface area (TPSA) is 38.7 Å². The van der Waals surface area contributed by atoms with Gasteiger partial charge in [0.05, 0.1) is 6.61 Å². The Morgan fingerprint density at radius 1 is 1.62 bits per heavy atom. The fourth-order valence-corrected chi connectivity index (χ4v) is 0.479. The van der Waals surface area contributed by atoms with E-state index >= 15 is 0 Å². The van der Waals surface area contributed by atoms with Crippen LogP contribution in [0.4, 0.5) is 0 Å². The zero-order valence-electron chi connectivity index (χ0n) is 4.41. The van der Waals surface area contributed by atoms with Gasteiger partial charge in [0, 0.05) is 0 Å². The molecule has 1 N–H and O–H groups in total. The van der Waals surface area contributed by atoms with E-state index in [4.69, 9.17) is 5.11 Å². The Kier molecular flexibility index (Phi) is 2.02. The van der Waals surface area contributed by atoms with Crippen LogP contribution < -0.4 is 0 Å². The minimum Gasteiger partial charge on any atom is -0.363 e. The quantitative estimate of drug-likeness (QED) is 0.363. The lowest BCUT2D eigenvalue weighted by atomic mass is 10.4. The summed E-state index contributed by atoms with van der Waals surface area (Å²) in [6.45, 7) is 0.521. The molecule has 0 bridgehead atoms. The highest BCUT2D eigenvalue weighted by atomic mass is 17.2. The van der Waals surface area contributed by atoms with Gasteiger partial charge >= 0.3 is 0 Å². The summed E-state index contributed by atoms with van der Waals surface area (Å²) in [6.07, 6.45) is 3.29. The van der Waals surface area contributed by atoms with Gasteiger partial charge in [0.15, 0.2) is 0 Å². The minimum atomic E-state index is -0.877. The first kappa shape index (κ1) is 5.75. The summed E-state index contributed by atoms with van der Waals surface area (Å²) < 4.78 is 0. The second kappa shape index (κ2) is 2.81. The summed E-state index contributed by atoms with van der Waals surface area (Å²) in [7, 11) is 0. The Bertz CT molecular complexity index is 89.7. The zero-order valence-corrected chi connectivity index (χ0v) is 4.41. The zero-order chi connectivity index (χ0) is 5.82. The van der Waals surface area contributed by atoms with Crippen molar-refractivity contribution in [3.8, 4) is 0 Å². The highest BCUT2D eigenvalue weighted by Gasteiger charge is 2.01. The van der Waals surface area contributed by atoms with E-state index in [1.165, 1.54) is 0 Å². The maximum atomic E-state index is 8.66. The van der Waals surface area contributed by atoms with Crippen LogP contribution >= 0.6 is 0 Å². The van der Waals surface area contributed by atoms with Crippen LogP contribution in [0.15, 0.2) is 12.2 Å². The lowest BCUT2D eigenvalue weighted by Crippen LogP contribution is -2.06. The molecule has 0 saturated carbocycles. The van der Waals surface area contributed by atoms with Gasteiger partial charge in [-0.05, 0) is 12.5 Å². The van der Waals surface area contributed by atoms with E-state index in [0.29, 0.717) is 6.61 Å². The van der Waals surface area contributed by atoms with Crippen molar-refractivity contribution >= 4 is 0 Å². The molecule has 8 heavy (non-hydrogen) atoms. The van der Waals surface area contributed by atoms with Crippen molar-refractivity contribution in [3.05, 3.63) is 12.2 Å². The fourth-order valence-electron chi connectivity index (χ4n) is 0.479. The van der Waals surface area contributed by atoms with Gasteiger partial charge < -0.3 is 5.11 Å². The van der Waals surface area contributed by atoms with Crippen LogP contribution in [0.3, 0.4) is 0 Å². The largest absolute Gasteiger partial charge is 0.363 e. The maximum Gasteiger partial charge on any atom is 0.207 e. The molecule has 1 aliphatic heterocycles. The van der Waals surface area contributed by atoms with Crippen LogP contribution in [0.25, 0.3) is 0 Å². The second-order valence-corrected chi connectivity index (χ2v) is 1.53. The summed E-state index contributed by atoms with van der Waals surface area (Å²) in [5.41, 5.74) is 0. The van der Waals surface area contributed by atoms with Crippen molar-refractivity contribution in [1.29, 1.82) is 0 Å². The molecule has 0 spiro atoms. The highest BCUT2D eigenvalue weighted by Crippen LogP contribution is 1.98. The Balaban J connectivity index is 2.33. The molecule has 1 unspecified atom stereocenters. The molecule has 1 rings (SSSR count). The SMILES string of the molecule is OC1C=CCCOO1. The number of aliphatic hydroxyl groups excluding tert-OH is 1. The van der Waals surface area contributed by atoms with E-state index in [-0.39, 0.29) is 0 Å². The molecule has 1 heterocycles. The normalized spacial score (nSPS) is 29.9. The average molecular weight is 116 g/mol. The Morgan fingerprint density at radius 3 is 3.38 bits per heavy atom. The molecule has 0 fully saturated rings. The molecular formula is C5H8O3. The Morgan fingerprint density at radius 2 is 2.50 bits per heavy atom. The van der Waals surface area contributed by atoms with E-state index in [2.05, 4.69) is 9.78 Å². The molecule has 46 valence electrons. The highest BCUT2D eigenvalue weighted by molar-refractivity contribution is 4.84. The third kappa shape index (κ3) is 1.61. The molecule has 1 atom stereocenters. The first-order chi connectivity index (χ1) is 3.89. The van der Waals surface area contributed by atoms with Gasteiger partial charge in [-0.3, -0.25) is 0 Å². The van der Waals surface area contributed by atoms with Crippen LogP contribution in [-0.2, 0) is 9.78 Å². The molecular weight excluding hydrogens is 108 g/mol. The second-order valence-electron chi connectivity index (χ2n) is 1.53. The van der Waals surface area contributed by atoms with E-state index in [0.717, 1.165) is 6.42 Å². The minimum absolute atomic E-state index is 0.521. The molecule has 0 radical (unpaired) electrons. The first-order valence-corrected chi connectivity index (χ1v) is 2.52. The third-order valence-corrected chi connectivity index (χ3v) is 0.835. The number of hydrogen-bond acceptors (Lipinski definition) is 3. The number of rotatable bonds is 0. The van der Waals surface area contributed by atoms with Crippen molar-refractivity contribution in [1.82, 2.24) is 0 Å². The van der Waals surface area contributed by atoms with Crippen LogP contribution in [-0.4, -0.2) is 18.0 Å². The third-order valence-electron chi connectivity index (χ3n) is 0.835. The predicted octanol–water partition coefficient (Wildman–Crippen LogP) is 0.213. The number of hydrogen-bond donors (Lipinski definition) is 1. The fraction of sp³-hybridized carbons (Fsp3) is 0.600. The van der Waals surface area contributed by atoms with Crippen LogP contribution in [0, 0.1) is 0 Å². The predicted molar refractivity (Wildman–Crippen MR) is 26.8 cm³/mol. The Hall–Kier alpha value is -0.380. The summed E-state index contributed by atoms with van der Waals surface area (Å²) >= 11 is 0. The standard InChI is InChI=1S/C5H8O3/c6-5-3-1-2-4-7-8-5/h1,3,5-6H,2,4H2. The Labute approximate surface area is 47.5 Å². The summed E-state index contributed by atoms with van der Waals surface area (Å²) in [6, 6.07) is 0. The number of aliphatic hydroxyl groups is 1. The van der Waals surface area contributed by atoms with Crippen molar-refractivity contribution in [3.63, 3.8) is 0 Å². The van der Waals surface area contributed by atoms with Gasteiger partial charge in [0.25, 0.3) is 0 Å². The van der Waals surface area contributed by atoms with Crippen LogP contribution in [0.5, 0.6) is 0 Å². The summed E-state index contributed by atoms with van der Waals surface area (Å²) in [5, 5.41) is 8.66. The van der Waals surface area contributed by atoms with E-state index in [1.807, 2.05) is 6.08 Å². The van der Waals surface area contributed by atoms with Crippen molar-refractivity contribution in [2.45, 2.75) is 12.7 Å². The lowest BCUT2D eigenvalue weighted by molar-refractivity contribution is -0.352. The van der Waals surface area contributed by atoms with Crippen LogP contribution in [0.2, 0.25) is 0 Å². The molecule has 0 aromatic heterocycles. The molecule has 1 aliphatic rings. The van der Waals surface area contributed by atoms with Crippen molar-refractivity contribution in [2.24, 2.45) is 0 Å². The van der Waals surface area contributed by atoms with E-state index in [1.54, 1.807) is 6.08 Å². The molecule has 0 aromatic rings. The van der Waals surface area contributed by atoms with Gasteiger partial charge in [-0.1, -0.05) is 6.08 Å². The first-order valence-electron chi connectivity index (χ1n) is 2.52. The molecule has 3 heteroatoms. The molecule has 0 saturated heterocycles. The summed E-state index contributed by atoms with van der Waals surface area (Å²) in [4.78, 5) is 8.87. The molecule has 0 amide bonds. The van der Waals surface area contributed by atoms with Gasteiger partial charge in [0.1, 0.15) is 0 Å². The maximum absolute atomic E-state index is 8.66. The average Bonchev–Trinajstić information content (AvgIpc) is 1.94. The smallest absolute Gasteiger partial charge is 0.207 e. The van der Waals surface area contributed by atoms with E-state index in [9.17, 15) is 0 Å². The van der Waals surface area contributed by atoms with Crippen molar-refractivity contribution in [2.75, 3.05) is 6.61 Å². The van der Waals surface area contributed by atoms with E-state index < -0.39 is 6.29 Å². The monoisotopic (exact) mass is 116 g/mol. The van der Waals surface area contributed by atoms with Crippen molar-refractivity contribution < 1.29 is 14.9 Å².